The summed E-state index contributed by atoms with van der Waals surface area (Å²) < 4.78 is 17.8. The lowest BCUT2D eigenvalue weighted by atomic mass is 9.95. The van der Waals surface area contributed by atoms with E-state index in [4.69, 9.17) is 19.6 Å². The molecular weight excluding hydrogens is 558 g/mol. The molecule has 0 bridgehead atoms. The van der Waals surface area contributed by atoms with E-state index in [1.54, 1.807) is 6.08 Å². The van der Waals surface area contributed by atoms with Gasteiger partial charge in [0.25, 0.3) is 0 Å². The Morgan fingerprint density at radius 3 is 2.19 bits per heavy atom. The number of carbonyl (C=O) groups excluding carboxylic acids is 2. The van der Waals surface area contributed by atoms with Crippen molar-refractivity contribution >= 4 is 20.4 Å². The first-order valence-electron chi connectivity index (χ1n) is 15.7. The third-order valence-electron chi connectivity index (χ3n) is 7.97. The van der Waals surface area contributed by atoms with E-state index < -0.39 is 26.6 Å². The van der Waals surface area contributed by atoms with Crippen LogP contribution in [0.5, 0.6) is 0 Å². The zero-order valence-corrected chi connectivity index (χ0v) is 29.3. The van der Waals surface area contributed by atoms with E-state index in [0.29, 0.717) is 25.7 Å². The molecule has 0 unspecified atom stereocenters. The molecule has 3 N–H and O–H groups in total. The van der Waals surface area contributed by atoms with Crippen molar-refractivity contribution in [3.63, 3.8) is 0 Å². The Hall–Kier alpha value is -2.42. The van der Waals surface area contributed by atoms with Crippen LogP contribution in [0.3, 0.4) is 0 Å². The third kappa shape index (κ3) is 18.1. The van der Waals surface area contributed by atoms with Crippen molar-refractivity contribution in [2.75, 3.05) is 6.61 Å². The third-order valence-corrected chi connectivity index (χ3v) is 12.4. The smallest absolute Gasteiger partial charge is 0.404 e. The number of allylic oxidation sites excluding steroid dienone is 4. The van der Waals surface area contributed by atoms with Crippen molar-refractivity contribution in [3.8, 4) is 0 Å². The Labute approximate surface area is 263 Å². The number of amides is 1. The second kappa shape index (κ2) is 21.3. The molecule has 0 aromatic heterocycles. The van der Waals surface area contributed by atoms with Crippen LogP contribution in [-0.4, -0.2) is 50.4 Å². The van der Waals surface area contributed by atoms with Gasteiger partial charge in [-0.2, -0.15) is 0 Å². The molecule has 0 saturated carbocycles. The van der Waals surface area contributed by atoms with Gasteiger partial charge in [-0.3, -0.25) is 4.79 Å². The average Bonchev–Trinajstić information content (AvgIpc) is 2.91. The quantitative estimate of drug-likeness (QED) is 0.0412. The summed E-state index contributed by atoms with van der Waals surface area (Å²) in [4.78, 5) is 24.3. The van der Waals surface area contributed by atoms with Gasteiger partial charge in [0.1, 0.15) is 18.3 Å². The van der Waals surface area contributed by atoms with E-state index >= 15 is 0 Å². The molecule has 0 aromatic rings. The first kappa shape index (κ1) is 40.6. The second-order valence-corrected chi connectivity index (χ2v) is 17.8. The van der Waals surface area contributed by atoms with Crippen LogP contribution in [0.15, 0.2) is 60.8 Å². The first-order chi connectivity index (χ1) is 20.1. The fourth-order valence-corrected chi connectivity index (χ4v) is 5.57. The van der Waals surface area contributed by atoms with Gasteiger partial charge in [-0.25, -0.2) is 4.79 Å². The molecule has 8 heteroatoms. The highest BCUT2D eigenvalue weighted by atomic mass is 28.4. The summed E-state index contributed by atoms with van der Waals surface area (Å²) in [5.74, 6) is -0.226. The fourth-order valence-electron chi connectivity index (χ4n) is 4.29. The van der Waals surface area contributed by atoms with E-state index in [9.17, 15) is 14.7 Å². The highest BCUT2D eigenvalue weighted by Gasteiger charge is 2.40. The molecule has 0 aliphatic heterocycles. The number of aliphatic hydroxyl groups is 1. The van der Waals surface area contributed by atoms with Gasteiger partial charge in [0, 0.05) is 18.8 Å². The minimum Gasteiger partial charge on any atom is -0.461 e. The lowest BCUT2D eigenvalue weighted by Crippen LogP contribution is -2.47. The SMILES string of the molecule is C=CCCCCCCC(=O)O[C@H](C/C(C)=C/C=C/CC[C@H](OC(N)=O)[C@H](C=C)O[Si](C)(C)C(C)(C)C)[C@H](C)/C=C(\C)CO. The summed E-state index contributed by atoms with van der Waals surface area (Å²) in [6.45, 7) is 24.3. The fraction of sp³-hybridized carbons (Fsp3) is 0.657. The number of nitrogens with two attached hydrogens (primary N) is 1. The Morgan fingerprint density at radius 2 is 1.63 bits per heavy atom. The molecule has 0 radical (unpaired) electrons. The average molecular weight is 620 g/mol. The first-order valence-corrected chi connectivity index (χ1v) is 18.7. The Balaban J connectivity index is 5.33. The van der Waals surface area contributed by atoms with Gasteiger partial charge in [-0.05, 0) is 64.1 Å². The van der Waals surface area contributed by atoms with Crippen LogP contribution >= 0.6 is 0 Å². The molecule has 43 heavy (non-hydrogen) atoms. The number of carbonyl (C=O) groups is 2. The molecule has 4 atom stereocenters. The highest BCUT2D eigenvalue weighted by molar-refractivity contribution is 6.74. The van der Waals surface area contributed by atoms with Crippen molar-refractivity contribution < 1.29 is 28.6 Å². The molecule has 0 aliphatic carbocycles. The largest absolute Gasteiger partial charge is 0.461 e. The van der Waals surface area contributed by atoms with Crippen LogP contribution in [-0.2, 0) is 18.7 Å². The van der Waals surface area contributed by atoms with E-state index in [0.717, 1.165) is 43.3 Å². The zero-order chi connectivity index (χ0) is 33.1. The lowest BCUT2D eigenvalue weighted by Gasteiger charge is -2.40. The number of hydrogen-bond donors (Lipinski definition) is 2. The molecule has 0 fully saturated rings. The number of esters is 1. The van der Waals surface area contributed by atoms with Gasteiger partial charge in [-0.15, -0.1) is 13.2 Å². The Bertz CT molecular complexity index is 946. The molecule has 7 nitrogen and oxygen atoms in total. The summed E-state index contributed by atoms with van der Waals surface area (Å²) in [7, 11) is -2.12. The maximum absolute atomic E-state index is 12.6. The summed E-state index contributed by atoms with van der Waals surface area (Å²) in [6, 6.07) is 0. The van der Waals surface area contributed by atoms with E-state index in [-0.39, 0.29) is 29.6 Å². The van der Waals surface area contributed by atoms with Crippen LogP contribution in [0.25, 0.3) is 0 Å². The Morgan fingerprint density at radius 1 is 0.977 bits per heavy atom. The summed E-state index contributed by atoms with van der Waals surface area (Å²) >= 11 is 0. The number of rotatable bonds is 22. The predicted octanol–water partition coefficient (Wildman–Crippen LogP) is 8.71. The number of aliphatic hydroxyl groups excluding tert-OH is 1. The van der Waals surface area contributed by atoms with Gasteiger partial charge in [0.2, 0.25) is 0 Å². The van der Waals surface area contributed by atoms with Gasteiger partial charge in [0.15, 0.2) is 8.32 Å². The van der Waals surface area contributed by atoms with Crippen molar-refractivity contribution in [1.82, 2.24) is 0 Å². The highest BCUT2D eigenvalue weighted by Crippen LogP contribution is 2.38. The lowest BCUT2D eigenvalue weighted by molar-refractivity contribution is -0.150. The standard InChI is InChI=1S/C35H61NO6Si/c1-11-13-14-15-16-20-23-33(38)40-32(29(5)24-28(4)26-37)25-27(3)21-18-17-19-22-31(41-34(36)39)30(12-2)42-43(9,10)35(6,7)8/h11-12,17-18,21,24,29-32,37H,1-2,13-16,19-20,22-23,25-26H2,3-10H3,(H2,36,39)/b18-17+,27-21+,28-24+/t29-,30+,31+,32-/m1/s1. The maximum atomic E-state index is 12.6. The topological polar surface area (TPSA) is 108 Å². The van der Waals surface area contributed by atoms with E-state index in [1.165, 1.54) is 0 Å². The molecule has 1 amide bonds. The molecular formula is C35H61NO6Si. The van der Waals surface area contributed by atoms with Crippen LogP contribution in [0.2, 0.25) is 18.1 Å². The normalized spacial score (nSPS) is 15.9. The monoisotopic (exact) mass is 619 g/mol. The molecule has 0 rings (SSSR count). The minimum atomic E-state index is -2.12. The van der Waals surface area contributed by atoms with Crippen LogP contribution in [0, 0.1) is 5.92 Å². The maximum Gasteiger partial charge on any atom is 0.404 e. The van der Waals surface area contributed by atoms with Gasteiger partial charge >= 0.3 is 12.1 Å². The number of unbranched alkanes of at least 4 members (excludes halogenated alkanes) is 4. The van der Waals surface area contributed by atoms with Gasteiger partial charge in [0.05, 0.1) is 6.61 Å². The minimum absolute atomic E-state index is 0.00464. The van der Waals surface area contributed by atoms with Crippen LogP contribution in [0.4, 0.5) is 4.79 Å². The molecule has 0 aliphatic rings. The summed E-state index contributed by atoms with van der Waals surface area (Å²) in [5.41, 5.74) is 7.29. The van der Waals surface area contributed by atoms with Crippen molar-refractivity contribution in [3.05, 3.63) is 60.8 Å². The van der Waals surface area contributed by atoms with Gasteiger partial charge < -0.3 is 24.7 Å². The number of hydrogen-bond acceptors (Lipinski definition) is 6. The Kier molecular flexibility index (Phi) is 20.1. The molecule has 0 saturated heterocycles. The summed E-state index contributed by atoms with van der Waals surface area (Å²) in [5, 5.41) is 9.48. The second-order valence-electron chi connectivity index (χ2n) is 13.1. The van der Waals surface area contributed by atoms with E-state index in [1.807, 2.05) is 51.2 Å². The van der Waals surface area contributed by atoms with E-state index in [2.05, 4.69) is 47.0 Å². The van der Waals surface area contributed by atoms with Gasteiger partial charge in [-0.1, -0.05) is 88.1 Å². The number of ether oxygens (including phenoxy) is 2. The predicted molar refractivity (Wildman–Crippen MR) is 181 cm³/mol. The van der Waals surface area contributed by atoms with Crippen LogP contribution < -0.4 is 5.73 Å². The molecule has 0 spiro atoms. The van der Waals surface area contributed by atoms with Crippen LogP contribution in [0.1, 0.15) is 99.3 Å². The van der Waals surface area contributed by atoms with Crippen molar-refractivity contribution in [2.45, 2.75) is 136 Å². The molecule has 0 heterocycles. The summed E-state index contributed by atoms with van der Waals surface area (Å²) in [6.07, 6.45) is 16.6. The van der Waals surface area contributed by atoms with Crippen molar-refractivity contribution in [2.24, 2.45) is 11.7 Å². The molecule has 0 aromatic carbocycles. The van der Waals surface area contributed by atoms with Crippen molar-refractivity contribution in [1.29, 1.82) is 0 Å². The zero-order valence-electron chi connectivity index (χ0n) is 28.3. The number of primary amides is 1. The molecule has 246 valence electrons.